The van der Waals surface area contributed by atoms with Crippen LogP contribution < -0.4 is 15.0 Å². The number of carbonyl (C=O) groups is 2. The van der Waals surface area contributed by atoms with Gasteiger partial charge in [-0.05, 0) is 61.4 Å². The number of carbonyl (C=O) groups excluding carboxylic acids is 1. The van der Waals surface area contributed by atoms with E-state index in [9.17, 15) is 18.0 Å². The van der Waals surface area contributed by atoms with E-state index in [1.54, 1.807) is 26.0 Å². The molecule has 0 radical (unpaired) electrons. The number of aromatic carboxylic acids is 1. The van der Waals surface area contributed by atoms with Gasteiger partial charge in [-0.3, -0.25) is 10.2 Å². The highest BCUT2D eigenvalue weighted by Crippen LogP contribution is 2.21. The molecule has 0 aliphatic carbocycles. The highest BCUT2D eigenvalue weighted by molar-refractivity contribution is 7.89. The minimum absolute atomic E-state index is 0.157. The predicted octanol–water partition coefficient (Wildman–Crippen LogP) is 1.63. The Labute approximate surface area is 150 Å². The Morgan fingerprint density at radius 2 is 1.65 bits per heavy atom. The number of nitrogens with one attached hydrogen (secondary N) is 2. The van der Waals surface area contributed by atoms with E-state index in [4.69, 9.17) is 9.84 Å². The number of methoxy groups -OCH3 is 1. The molecule has 3 N–H and O–H groups in total. The number of hydrogen-bond donors (Lipinski definition) is 3. The number of hydrogen-bond acceptors (Lipinski definition) is 5. The number of aryl methyl sites for hydroxylation is 1. The van der Waals surface area contributed by atoms with Crippen molar-refractivity contribution in [1.82, 2.24) is 10.3 Å². The van der Waals surface area contributed by atoms with Crippen LogP contribution in [0.15, 0.2) is 41.3 Å². The second-order valence-corrected chi connectivity index (χ2v) is 7.16. The molecule has 0 heterocycles. The monoisotopic (exact) mass is 378 g/mol. The van der Waals surface area contributed by atoms with Crippen molar-refractivity contribution in [2.24, 2.45) is 0 Å². The summed E-state index contributed by atoms with van der Waals surface area (Å²) in [4.78, 5) is 25.0. The van der Waals surface area contributed by atoms with Gasteiger partial charge in [0, 0.05) is 5.56 Å². The zero-order valence-corrected chi connectivity index (χ0v) is 15.2. The minimum Gasteiger partial charge on any atom is -0.497 e. The maximum atomic E-state index is 12.5. The molecule has 138 valence electrons. The number of carboxylic acids is 1. The summed E-state index contributed by atoms with van der Waals surface area (Å²) in [6.45, 7) is 3.16. The average molecular weight is 378 g/mol. The van der Waals surface area contributed by atoms with Crippen LogP contribution in [0, 0.1) is 13.8 Å². The Kier molecular flexibility index (Phi) is 5.63. The summed E-state index contributed by atoms with van der Waals surface area (Å²) in [5, 5.41) is 9.10. The summed E-state index contributed by atoms with van der Waals surface area (Å²) in [7, 11) is -2.67. The second-order valence-electron chi connectivity index (χ2n) is 5.51. The first-order chi connectivity index (χ1) is 12.2. The first kappa shape index (κ1) is 19.4. The van der Waals surface area contributed by atoms with Crippen molar-refractivity contribution >= 4 is 21.9 Å². The van der Waals surface area contributed by atoms with Crippen LogP contribution in [0.4, 0.5) is 0 Å². The van der Waals surface area contributed by atoms with Crippen LogP contribution in [0.1, 0.15) is 31.8 Å². The van der Waals surface area contributed by atoms with Crippen molar-refractivity contribution in [3.63, 3.8) is 0 Å². The summed E-state index contributed by atoms with van der Waals surface area (Å²) < 4.78 is 29.9. The van der Waals surface area contributed by atoms with Crippen molar-refractivity contribution in [1.29, 1.82) is 0 Å². The molecule has 0 atom stereocenters. The normalized spacial score (nSPS) is 11.0. The third-order valence-electron chi connectivity index (χ3n) is 3.81. The van der Waals surface area contributed by atoms with E-state index in [0.29, 0.717) is 16.9 Å². The zero-order valence-electron chi connectivity index (χ0n) is 14.4. The van der Waals surface area contributed by atoms with Crippen molar-refractivity contribution in [3.05, 3.63) is 58.7 Å². The molecule has 8 nitrogen and oxygen atoms in total. The maximum Gasteiger partial charge on any atom is 0.335 e. The minimum atomic E-state index is -4.16. The lowest BCUT2D eigenvalue weighted by molar-refractivity contribution is 0.0696. The molecule has 0 saturated carbocycles. The van der Waals surface area contributed by atoms with Gasteiger partial charge < -0.3 is 9.84 Å². The van der Waals surface area contributed by atoms with Crippen LogP contribution >= 0.6 is 0 Å². The molecule has 26 heavy (non-hydrogen) atoms. The van der Waals surface area contributed by atoms with E-state index in [1.165, 1.54) is 25.3 Å². The van der Waals surface area contributed by atoms with E-state index in [0.717, 1.165) is 6.07 Å². The topological polar surface area (TPSA) is 122 Å². The standard InChI is InChI=1S/C17H18N2O6S/c1-10-8-13(17(21)22)9-15(11(10)2)26(23,24)19-18-16(20)12-4-6-14(25-3)7-5-12/h4-9,19H,1-3H3,(H,18,20)(H,21,22). The largest absolute Gasteiger partial charge is 0.497 e. The lowest BCUT2D eigenvalue weighted by Crippen LogP contribution is -2.41. The van der Waals surface area contributed by atoms with Crippen LogP contribution in [-0.4, -0.2) is 32.5 Å². The average Bonchev–Trinajstić information content (AvgIpc) is 2.61. The molecular formula is C17H18N2O6S. The van der Waals surface area contributed by atoms with Crippen LogP contribution in [-0.2, 0) is 10.0 Å². The molecule has 0 saturated heterocycles. The van der Waals surface area contributed by atoms with Gasteiger partial charge in [-0.25, -0.2) is 13.2 Å². The van der Waals surface area contributed by atoms with E-state index >= 15 is 0 Å². The van der Waals surface area contributed by atoms with E-state index in [2.05, 4.69) is 5.43 Å². The maximum absolute atomic E-state index is 12.5. The Bertz CT molecular complexity index is 952. The Morgan fingerprint density at radius 1 is 1.04 bits per heavy atom. The number of hydrazine groups is 1. The Hall–Kier alpha value is -2.91. The Morgan fingerprint density at radius 3 is 2.19 bits per heavy atom. The van der Waals surface area contributed by atoms with Gasteiger partial charge in [0.1, 0.15) is 5.75 Å². The molecule has 2 rings (SSSR count). The molecule has 0 aliphatic rings. The van der Waals surface area contributed by atoms with Crippen molar-refractivity contribution in [2.45, 2.75) is 18.7 Å². The highest BCUT2D eigenvalue weighted by atomic mass is 32.2. The fourth-order valence-electron chi connectivity index (χ4n) is 2.21. The van der Waals surface area contributed by atoms with Crippen molar-refractivity contribution in [3.8, 4) is 5.75 Å². The fourth-order valence-corrected chi connectivity index (χ4v) is 3.40. The first-order valence-electron chi connectivity index (χ1n) is 7.46. The lowest BCUT2D eigenvalue weighted by Gasteiger charge is -2.13. The van der Waals surface area contributed by atoms with Crippen LogP contribution in [0.2, 0.25) is 0 Å². The van der Waals surface area contributed by atoms with Crippen LogP contribution in [0.25, 0.3) is 0 Å². The van der Waals surface area contributed by atoms with Gasteiger partial charge >= 0.3 is 5.97 Å². The van der Waals surface area contributed by atoms with Gasteiger partial charge in [0.15, 0.2) is 0 Å². The second kappa shape index (κ2) is 7.54. The van der Waals surface area contributed by atoms with Gasteiger partial charge in [-0.2, -0.15) is 0 Å². The van der Waals surface area contributed by atoms with E-state index < -0.39 is 21.9 Å². The SMILES string of the molecule is COc1ccc(C(=O)NNS(=O)(=O)c2cc(C(=O)O)cc(C)c2C)cc1. The highest BCUT2D eigenvalue weighted by Gasteiger charge is 2.21. The molecule has 0 unspecified atom stereocenters. The molecule has 2 aromatic carbocycles. The summed E-state index contributed by atoms with van der Waals surface area (Å²) in [5.74, 6) is -1.36. The molecule has 0 bridgehead atoms. The number of carboxylic acid groups (broad SMARTS) is 1. The van der Waals surface area contributed by atoms with E-state index in [1.807, 2.05) is 4.83 Å². The number of benzene rings is 2. The molecule has 9 heteroatoms. The van der Waals surface area contributed by atoms with Gasteiger partial charge in [0.2, 0.25) is 0 Å². The first-order valence-corrected chi connectivity index (χ1v) is 8.95. The smallest absolute Gasteiger partial charge is 0.335 e. The predicted molar refractivity (Wildman–Crippen MR) is 93.7 cm³/mol. The van der Waals surface area contributed by atoms with Gasteiger partial charge in [0.25, 0.3) is 15.9 Å². The number of rotatable bonds is 6. The van der Waals surface area contributed by atoms with Crippen molar-refractivity contribution in [2.75, 3.05) is 7.11 Å². The van der Waals surface area contributed by atoms with Crippen molar-refractivity contribution < 1.29 is 27.9 Å². The number of amides is 1. The van der Waals surface area contributed by atoms with Crippen LogP contribution in [0.5, 0.6) is 5.75 Å². The molecule has 1 amide bonds. The molecule has 2 aromatic rings. The molecule has 0 aliphatic heterocycles. The lowest BCUT2D eigenvalue weighted by atomic mass is 10.1. The van der Waals surface area contributed by atoms with Gasteiger partial charge in [0.05, 0.1) is 17.6 Å². The number of sulfonamides is 1. The molecule has 0 spiro atoms. The Balaban J connectivity index is 2.23. The quantitative estimate of drug-likeness (QED) is 0.657. The summed E-state index contributed by atoms with van der Waals surface area (Å²) in [6, 6.07) is 8.51. The van der Waals surface area contributed by atoms with Gasteiger partial charge in [-0.15, -0.1) is 4.83 Å². The third-order valence-corrected chi connectivity index (χ3v) is 5.18. The summed E-state index contributed by atoms with van der Waals surface area (Å²) >= 11 is 0. The van der Waals surface area contributed by atoms with E-state index in [-0.39, 0.29) is 16.0 Å². The fraction of sp³-hybridized carbons (Fsp3) is 0.176. The zero-order chi connectivity index (χ0) is 19.5. The third kappa shape index (κ3) is 4.19. The van der Waals surface area contributed by atoms with Gasteiger partial charge in [-0.1, -0.05) is 0 Å². The number of ether oxygens (including phenoxy) is 1. The molecule has 0 fully saturated rings. The summed E-state index contributed by atoms with van der Waals surface area (Å²) in [5.41, 5.74) is 3.07. The molecule has 0 aromatic heterocycles. The summed E-state index contributed by atoms with van der Waals surface area (Å²) in [6.07, 6.45) is 0. The van der Waals surface area contributed by atoms with Crippen LogP contribution in [0.3, 0.4) is 0 Å². The molecular weight excluding hydrogens is 360 g/mol.